The van der Waals surface area contributed by atoms with Crippen molar-refractivity contribution in [1.29, 1.82) is 0 Å². The number of aromatic nitrogens is 2. The first kappa shape index (κ1) is 52.1. The number of carbonyl (C=O) groups excluding carboxylic acids is 2. The average molecular weight is 1520 g/mol. The largest absolute Gasteiger partial charge is 0.416 e. The van der Waals surface area contributed by atoms with Crippen LogP contribution in [0.4, 0.5) is 43.9 Å². The van der Waals surface area contributed by atoms with Crippen molar-refractivity contribution in [2.45, 2.75) is 112 Å². The van der Waals surface area contributed by atoms with Crippen LogP contribution in [-0.2, 0) is 69.0 Å². The number of nitrogens with zero attached hydrogens (tertiary/aromatic N) is 6. The minimum atomic E-state index is -4.57. The van der Waals surface area contributed by atoms with E-state index in [2.05, 4.69) is 9.47 Å². The maximum absolute atomic E-state index is 15.2. The van der Waals surface area contributed by atoms with Gasteiger partial charge >= 0.3 is 12.4 Å². The Hall–Kier alpha value is -9.04. The molecule has 2 saturated heterocycles. The van der Waals surface area contributed by atoms with Gasteiger partial charge in [-0.3, -0.25) is 19.2 Å². The molecule has 2 aliphatic heterocycles. The summed E-state index contributed by atoms with van der Waals surface area (Å²) in [6, 6.07) is 19.3. The molecule has 12 rings (SSSR count). The van der Waals surface area contributed by atoms with E-state index in [9.17, 15) is 54.6 Å². The lowest BCUT2D eigenvalue weighted by Crippen LogP contribution is -2.48. The van der Waals surface area contributed by atoms with Crippen LogP contribution in [0.15, 0.2) is 201 Å². The van der Waals surface area contributed by atoms with E-state index in [-0.39, 0.29) is 93.4 Å². The minimum absolute atomic E-state index is 0.0174. The SMILES string of the molecule is [2H]c1c(C)c([2H])c2c(=O)c([2H])c(SC([2H])([2H])c3cccc(F)c3F)n(C([2H])([2H])C(=O)N(Cc3ccc(-c4ccc(C(F)(F)F)cc4)cc3)C3CCN(CC([2H])([2H])OC([2H])([2H])[2H])CC3)c2c1[2H].[2H]c1c(C)c([2H])c2c(=O)c([2H])c(SCc3cccc(F)c3F)n(C([2H])([2H])C(=O)N(Cc3ccc(-c4ccc(C(F)(F)F)cc4)cc3)C3CCN(CC([2H])([2H])OC([2H])([2H])[2H])CC3)c2c1[2H]. The summed E-state index contributed by atoms with van der Waals surface area (Å²) in [5.41, 5.74) is -7.59. The van der Waals surface area contributed by atoms with Crippen molar-refractivity contribution in [2.24, 2.45) is 0 Å². The standard InChI is InChI=1S/2C41H40F5N3O3S/c2*1-27-6-15-36-34(22-27)37(50)23-39(53-26-31-4-3-5-35(42)40(31)43)49(36)25-38(51)48(33-16-18-47(19-17-33)20-21-52-2)24-28-7-9-29(10-8-28)30-11-13-32(14-12-30)41(44,45)46/h2*3-15,22-23,33H,16-21,24-26H2,1-2H3/i2D3,6D,15D,21D2,22D,23D,25D2,26D2;2D3,6D,15D,21D2,22D,23D,25D2. The monoisotopic (exact) mass is 1520 g/mol. The number of halogens is 10. The molecule has 2 amide bonds. The number of methoxy groups -OCH3 is 2. The number of rotatable bonds is 24. The zero-order valence-electron chi connectivity index (χ0n) is 80.3. The van der Waals surface area contributed by atoms with E-state index >= 15 is 14.0 Å². The fraction of sp³-hybridized carbons (Fsp3) is 0.317. The van der Waals surface area contributed by atoms with Crippen molar-refractivity contribution in [2.75, 3.05) is 66.5 Å². The lowest BCUT2D eigenvalue weighted by Gasteiger charge is -2.39. The molecule has 4 heterocycles. The lowest BCUT2D eigenvalue weighted by atomic mass is 10.00. The van der Waals surface area contributed by atoms with Gasteiger partial charge < -0.3 is 38.2 Å². The van der Waals surface area contributed by atoms with E-state index in [1.54, 1.807) is 41.3 Å². The summed E-state index contributed by atoms with van der Waals surface area (Å²) in [4.78, 5) is 63.4. The van der Waals surface area contributed by atoms with Crippen molar-refractivity contribution in [3.63, 3.8) is 0 Å². The van der Waals surface area contributed by atoms with Crippen LogP contribution in [0.25, 0.3) is 44.1 Å². The maximum Gasteiger partial charge on any atom is 0.416 e. The normalized spacial score (nSPS) is 18.4. The summed E-state index contributed by atoms with van der Waals surface area (Å²) >= 11 is 0.370. The van der Waals surface area contributed by atoms with Gasteiger partial charge in [-0.2, -0.15) is 26.3 Å². The molecule has 8 aromatic carbocycles. The summed E-state index contributed by atoms with van der Waals surface area (Å²) < 4.78 is 351. The summed E-state index contributed by atoms with van der Waals surface area (Å²) in [7, 11) is -6.10. The second kappa shape index (κ2) is 35.1. The number of hydrogen-bond donors (Lipinski definition) is 0. The molecule has 12 nitrogen and oxygen atoms in total. The van der Waals surface area contributed by atoms with Crippen molar-refractivity contribution in [1.82, 2.24) is 28.7 Å². The third kappa shape index (κ3) is 19.6. The second-order valence-electron chi connectivity index (χ2n) is 24.6. The number of likely N-dealkylation sites (tertiary alicyclic amines) is 2. The van der Waals surface area contributed by atoms with Gasteiger partial charge in [0.15, 0.2) is 34.1 Å². The lowest BCUT2D eigenvalue weighted by molar-refractivity contribution is -0.138. The number of piperidine rings is 2. The molecule has 2 fully saturated rings. The number of pyridine rings is 2. The number of carbonyl (C=O) groups is 2. The van der Waals surface area contributed by atoms with Gasteiger partial charge in [0.1, 0.15) is 13.0 Å². The molecular formula is C82H80F10N6O6S2. The summed E-state index contributed by atoms with van der Waals surface area (Å²) in [6.07, 6.45) is -8.92. The maximum atomic E-state index is 15.2. The highest BCUT2D eigenvalue weighted by Gasteiger charge is 2.34. The zero-order chi connectivity index (χ0) is 96.3. The molecule has 0 atom stereocenters. The van der Waals surface area contributed by atoms with Crippen LogP contribution < -0.4 is 10.9 Å². The fourth-order valence-corrected chi connectivity index (χ4v) is 13.6. The van der Waals surface area contributed by atoms with Gasteiger partial charge in [0, 0.05) is 127 Å². The number of fused-ring (bicyclic) bond motifs is 2. The number of alkyl halides is 6. The molecule has 556 valence electrons. The molecule has 0 unspecified atom stereocenters. The van der Waals surface area contributed by atoms with Crippen LogP contribution in [0.3, 0.4) is 0 Å². The van der Waals surface area contributed by atoms with Crippen LogP contribution in [0.5, 0.6) is 0 Å². The first-order valence-corrected chi connectivity index (χ1v) is 34.5. The first-order valence-electron chi connectivity index (χ1n) is 44.7. The van der Waals surface area contributed by atoms with Gasteiger partial charge in [-0.25, -0.2) is 17.6 Å². The van der Waals surface area contributed by atoms with Crippen LogP contribution in [0.1, 0.15) is 103 Å². The first-order chi connectivity index (χ1) is 60.2. The number of hydrogen-bond acceptors (Lipinski definition) is 10. The summed E-state index contributed by atoms with van der Waals surface area (Å²) in [5, 5.41) is -2.91. The Bertz CT molecular complexity index is 6070. The van der Waals surface area contributed by atoms with Crippen molar-refractivity contribution in [3.05, 3.63) is 270 Å². The molecular weight excluding hydrogens is 1420 g/mol. The smallest absolute Gasteiger partial charge is 0.383 e. The van der Waals surface area contributed by atoms with Crippen molar-refractivity contribution >= 4 is 57.1 Å². The average Bonchev–Trinajstić information content (AvgIpc) is 0.723. The van der Waals surface area contributed by atoms with Crippen LogP contribution >= 0.6 is 23.5 Å². The molecule has 0 saturated carbocycles. The molecule has 0 aliphatic carbocycles. The van der Waals surface area contributed by atoms with Crippen molar-refractivity contribution < 1.29 is 95.9 Å². The number of thioether (sulfide) groups is 2. The van der Waals surface area contributed by atoms with E-state index in [0.717, 1.165) is 47.4 Å². The third-order valence-electron chi connectivity index (χ3n) is 17.5. The highest BCUT2D eigenvalue weighted by molar-refractivity contribution is 7.98. The Morgan fingerprint density at radius 3 is 1.29 bits per heavy atom. The molecule has 0 radical (unpaired) electrons. The summed E-state index contributed by atoms with van der Waals surface area (Å²) in [5.74, 6) is -8.74. The highest BCUT2D eigenvalue weighted by atomic mass is 32.2. The topological polar surface area (TPSA) is 110 Å². The van der Waals surface area contributed by atoms with E-state index in [1.807, 2.05) is 0 Å². The Labute approximate surface area is 650 Å². The second-order valence-corrected chi connectivity index (χ2v) is 26.3. The predicted octanol–water partition coefficient (Wildman–Crippen LogP) is 17.4. The number of benzene rings is 8. The number of ether oxygens (including phenoxy) is 2. The highest BCUT2D eigenvalue weighted by Crippen LogP contribution is 2.36. The Morgan fingerprint density at radius 1 is 0.519 bits per heavy atom. The quantitative estimate of drug-likeness (QED) is 0.0428. The van der Waals surface area contributed by atoms with Crippen LogP contribution in [0, 0.1) is 37.1 Å². The Balaban J connectivity index is 0.000000251. The van der Waals surface area contributed by atoms with Crippen molar-refractivity contribution in [3.8, 4) is 22.3 Å². The molecule has 24 heteroatoms. The van der Waals surface area contributed by atoms with E-state index in [1.165, 1.54) is 72.2 Å². The van der Waals surface area contributed by atoms with Gasteiger partial charge in [-0.05, 0) is 133 Å². The Morgan fingerprint density at radius 2 is 0.896 bits per heavy atom. The fourth-order valence-electron chi connectivity index (χ4n) is 11.9. The third-order valence-corrected chi connectivity index (χ3v) is 19.4. The number of amides is 2. The van der Waals surface area contributed by atoms with Gasteiger partial charge in [0.25, 0.3) is 0 Å². The molecule has 0 spiro atoms. The Kier molecular flexibility index (Phi) is 17.2. The predicted molar refractivity (Wildman–Crippen MR) is 395 cm³/mol. The molecule has 106 heavy (non-hydrogen) atoms. The van der Waals surface area contributed by atoms with Crippen LogP contribution in [0.2, 0.25) is 0 Å². The van der Waals surface area contributed by atoms with Gasteiger partial charge in [0.2, 0.25) is 11.8 Å². The van der Waals surface area contributed by atoms with Gasteiger partial charge in [-0.15, -0.1) is 23.5 Å². The summed E-state index contributed by atoms with van der Waals surface area (Å²) in [6.45, 7) is -11.0. The molecule has 0 N–H and O–H groups in total. The molecule has 2 aliphatic rings. The zero-order valence-corrected chi connectivity index (χ0v) is 57.9. The van der Waals surface area contributed by atoms with Gasteiger partial charge in [-0.1, -0.05) is 120 Å². The van der Waals surface area contributed by atoms with Gasteiger partial charge in [0.05, 0.1) is 75.5 Å². The van der Waals surface area contributed by atoms with E-state index < -0.39 is 232 Å². The van der Waals surface area contributed by atoms with E-state index in [0.29, 0.717) is 60.3 Å². The molecule has 2 aromatic heterocycles. The van der Waals surface area contributed by atoms with E-state index in [4.69, 9.17) is 27.4 Å². The molecule has 10 aromatic rings. The molecule has 0 bridgehead atoms. The van der Waals surface area contributed by atoms with Crippen LogP contribution in [-0.4, -0.2) is 119 Å². The minimum Gasteiger partial charge on any atom is -0.383 e.